The van der Waals surface area contributed by atoms with Gasteiger partial charge in [-0.05, 0) is 44.0 Å². The predicted molar refractivity (Wildman–Crippen MR) is 91.7 cm³/mol. The molecule has 1 heterocycles. The minimum atomic E-state index is -3.63. The van der Waals surface area contributed by atoms with Crippen molar-refractivity contribution in [1.29, 1.82) is 0 Å². The largest absolute Gasteiger partial charge is 0.452 e. The number of nitrogens with zero attached hydrogens (tertiary/aromatic N) is 1. The van der Waals surface area contributed by atoms with E-state index in [0.717, 1.165) is 19.3 Å². The number of benzene rings is 1. The lowest BCUT2D eigenvalue weighted by atomic mass is 10.1. The molecule has 2 rings (SSSR count). The van der Waals surface area contributed by atoms with E-state index in [2.05, 4.69) is 0 Å². The Morgan fingerprint density at radius 3 is 2.46 bits per heavy atom. The Balaban J connectivity index is 2.04. The van der Waals surface area contributed by atoms with Crippen molar-refractivity contribution in [2.45, 2.75) is 37.1 Å². The highest BCUT2D eigenvalue weighted by molar-refractivity contribution is 7.89. The number of nitrogens with one attached hydrogen (secondary N) is 1. The fourth-order valence-electron chi connectivity index (χ4n) is 2.72. The predicted octanol–water partition coefficient (Wildman–Crippen LogP) is 0.601. The number of primary amides is 1. The summed E-state index contributed by atoms with van der Waals surface area (Å²) < 4.78 is 31.6. The summed E-state index contributed by atoms with van der Waals surface area (Å²) in [5.74, 6) is -1.68. The van der Waals surface area contributed by atoms with Gasteiger partial charge in [-0.1, -0.05) is 6.42 Å². The van der Waals surface area contributed by atoms with E-state index in [0.29, 0.717) is 6.54 Å². The van der Waals surface area contributed by atoms with Crippen LogP contribution in [-0.4, -0.2) is 49.8 Å². The molecule has 1 aliphatic rings. The molecule has 0 radical (unpaired) electrons. The molecule has 1 fully saturated rings. The van der Waals surface area contributed by atoms with Crippen LogP contribution in [0.4, 0.5) is 4.79 Å². The van der Waals surface area contributed by atoms with E-state index in [1.165, 1.54) is 28.6 Å². The first kappa shape index (κ1) is 19.9. The minimum Gasteiger partial charge on any atom is -0.452 e. The van der Waals surface area contributed by atoms with Gasteiger partial charge in [0, 0.05) is 12.6 Å². The van der Waals surface area contributed by atoms with Crippen LogP contribution in [0.1, 0.15) is 36.5 Å². The molecule has 0 bridgehead atoms. The van der Waals surface area contributed by atoms with Crippen molar-refractivity contribution in [2.24, 2.45) is 5.73 Å². The normalized spacial score (nSPS) is 18.1. The number of rotatable bonds is 5. The number of nitrogens with two attached hydrogens (primary N) is 1. The quantitative estimate of drug-likeness (QED) is 0.715. The number of piperidine rings is 1. The van der Waals surface area contributed by atoms with Gasteiger partial charge in [-0.15, -0.1) is 0 Å². The molecule has 0 spiro atoms. The fourth-order valence-corrected chi connectivity index (χ4v) is 4.41. The number of ether oxygens (including phenoxy) is 1. The van der Waals surface area contributed by atoms with Gasteiger partial charge >= 0.3 is 12.0 Å². The summed E-state index contributed by atoms with van der Waals surface area (Å²) in [6.45, 7) is 1.68. The smallest absolute Gasteiger partial charge is 0.338 e. The molecule has 0 aromatic heterocycles. The number of sulfonamides is 1. The van der Waals surface area contributed by atoms with Gasteiger partial charge in [-0.25, -0.2) is 18.0 Å². The first-order chi connectivity index (χ1) is 12.2. The highest BCUT2D eigenvalue weighted by atomic mass is 32.2. The molecule has 10 heteroatoms. The van der Waals surface area contributed by atoms with Crippen LogP contribution in [0.15, 0.2) is 29.2 Å². The van der Waals surface area contributed by atoms with Crippen LogP contribution in [0.25, 0.3) is 0 Å². The first-order valence-electron chi connectivity index (χ1n) is 8.10. The fraction of sp³-hybridized carbons (Fsp3) is 0.438. The molecule has 0 aliphatic carbocycles. The van der Waals surface area contributed by atoms with Gasteiger partial charge < -0.3 is 10.5 Å². The lowest BCUT2D eigenvalue weighted by molar-refractivity contribution is -0.123. The van der Waals surface area contributed by atoms with Crippen LogP contribution < -0.4 is 11.1 Å². The summed E-state index contributed by atoms with van der Waals surface area (Å²) in [5, 5.41) is 1.76. The molecule has 1 aromatic rings. The molecule has 3 amide bonds. The topological polar surface area (TPSA) is 136 Å². The third-order valence-electron chi connectivity index (χ3n) is 4.04. The average Bonchev–Trinajstić information content (AvgIpc) is 2.59. The number of esters is 1. The zero-order valence-electron chi connectivity index (χ0n) is 14.3. The highest BCUT2D eigenvalue weighted by Crippen LogP contribution is 2.25. The van der Waals surface area contributed by atoms with Gasteiger partial charge in [0.2, 0.25) is 10.0 Å². The maximum absolute atomic E-state index is 12.7. The van der Waals surface area contributed by atoms with Crippen LogP contribution >= 0.6 is 0 Å². The number of hydrogen-bond donors (Lipinski definition) is 2. The molecule has 9 nitrogen and oxygen atoms in total. The summed E-state index contributed by atoms with van der Waals surface area (Å²) in [4.78, 5) is 33.7. The molecule has 3 N–H and O–H groups in total. The van der Waals surface area contributed by atoms with Crippen LogP contribution in [-0.2, 0) is 19.6 Å². The van der Waals surface area contributed by atoms with Gasteiger partial charge in [0.1, 0.15) is 0 Å². The van der Waals surface area contributed by atoms with E-state index in [4.69, 9.17) is 10.5 Å². The lowest BCUT2D eigenvalue weighted by Crippen LogP contribution is -2.41. The van der Waals surface area contributed by atoms with E-state index >= 15 is 0 Å². The Labute approximate surface area is 151 Å². The summed E-state index contributed by atoms with van der Waals surface area (Å²) >= 11 is 0. The van der Waals surface area contributed by atoms with E-state index in [9.17, 15) is 22.8 Å². The maximum Gasteiger partial charge on any atom is 0.338 e. The number of carbonyl (C=O) groups is 3. The van der Waals surface area contributed by atoms with Crippen LogP contribution in [0.3, 0.4) is 0 Å². The molecule has 0 saturated carbocycles. The monoisotopic (exact) mass is 383 g/mol. The highest BCUT2D eigenvalue weighted by Gasteiger charge is 2.30. The molecular formula is C16H21N3O6S. The number of amides is 3. The van der Waals surface area contributed by atoms with Gasteiger partial charge in [0.25, 0.3) is 5.91 Å². The summed E-state index contributed by atoms with van der Waals surface area (Å²) in [5.41, 5.74) is 4.85. The van der Waals surface area contributed by atoms with E-state index in [-0.39, 0.29) is 16.5 Å². The Hall–Kier alpha value is -2.46. The zero-order valence-corrected chi connectivity index (χ0v) is 15.1. The van der Waals surface area contributed by atoms with E-state index in [1.54, 1.807) is 5.32 Å². The van der Waals surface area contributed by atoms with Crippen LogP contribution in [0, 0.1) is 0 Å². The Morgan fingerprint density at radius 2 is 1.88 bits per heavy atom. The van der Waals surface area contributed by atoms with Crippen molar-refractivity contribution in [2.75, 3.05) is 13.2 Å². The second kappa shape index (κ2) is 8.28. The number of carbonyl (C=O) groups excluding carboxylic acids is 3. The van der Waals surface area contributed by atoms with Gasteiger partial charge in [-0.2, -0.15) is 4.31 Å². The molecular weight excluding hydrogens is 362 g/mol. The van der Waals surface area contributed by atoms with E-state index in [1.807, 2.05) is 6.92 Å². The molecule has 142 valence electrons. The summed E-state index contributed by atoms with van der Waals surface area (Å²) in [6, 6.07) is 4.17. The molecule has 1 aromatic carbocycles. The van der Waals surface area contributed by atoms with Crippen LogP contribution in [0.5, 0.6) is 0 Å². The number of urea groups is 1. The van der Waals surface area contributed by atoms with Crippen molar-refractivity contribution < 1.29 is 27.5 Å². The van der Waals surface area contributed by atoms with Gasteiger partial charge in [0.05, 0.1) is 10.5 Å². The molecule has 26 heavy (non-hydrogen) atoms. The van der Waals surface area contributed by atoms with Crippen molar-refractivity contribution in [3.05, 3.63) is 29.8 Å². The first-order valence-corrected chi connectivity index (χ1v) is 9.54. The van der Waals surface area contributed by atoms with Crippen molar-refractivity contribution in [1.82, 2.24) is 9.62 Å². The average molecular weight is 383 g/mol. The number of imide groups is 1. The molecule has 1 saturated heterocycles. The second-order valence-electron chi connectivity index (χ2n) is 5.97. The minimum absolute atomic E-state index is 0.0674. The molecule has 1 unspecified atom stereocenters. The molecule has 1 aliphatic heterocycles. The number of hydrogen-bond acceptors (Lipinski definition) is 6. The summed E-state index contributed by atoms with van der Waals surface area (Å²) in [6.07, 6.45) is 2.64. The Bertz CT molecular complexity index is 791. The Morgan fingerprint density at radius 1 is 1.23 bits per heavy atom. The van der Waals surface area contributed by atoms with Crippen LogP contribution in [0.2, 0.25) is 0 Å². The van der Waals surface area contributed by atoms with Gasteiger partial charge in [-0.3, -0.25) is 10.1 Å². The van der Waals surface area contributed by atoms with Crippen molar-refractivity contribution in [3.8, 4) is 0 Å². The third kappa shape index (κ3) is 4.79. The third-order valence-corrected chi connectivity index (χ3v) is 6.06. The summed E-state index contributed by atoms with van der Waals surface area (Å²) in [7, 11) is -3.63. The van der Waals surface area contributed by atoms with Crippen molar-refractivity contribution >= 4 is 27.9 Å². The maximum atomic E-state index is 12.7. The molecule has 1 atom stereocenters. The zero-order chi connectivity index (χ0) is 19.3. The Kier molecular flexibility index (Phi) is 6.32. The van der Waals surface area contributed by atoms with Gasteiger partial charge in [0.15, 0.2) is 6.61 Å². The standard InChI is InChI=1S/C16H21N3O6S/c1-11-4-2-3-9-19(11)26(23,24)13-7-5-12(6-8-13)15(21)25-10-14(20)18-16(17)22/h5-8,11H,2-4,9-10H2,1H3,(H3,17,18,20,22). The second-order valence-corrected chi connectivity index (χ2v) is 7.86. The SMILES string of the molecule is CC1CCCCN1S(=O)(=O)c1ccc(C(=O)OCC(=O)NC(N)=O)cc1. The lowest BCUT2D eigenvalue weighted by Gasteiger charge is -2.32. The van der Waals surface area contributed by atoms with E-state index < -0.39 is 34.5 Å². The van der Waals surface area contributed by atoms with Crippen molar-refractivity contribution in [3.63, 3.8) is 0 Å².